The molecular formula is C14H18ClNO4. The first kappa shape index (κ1) is 16.3. The molecule has 0 aromatic heterocycles. The Morgan fingerprint density at radius 1 is 1.35 bits per heavy atom. The van der Waals surface area contributed by atoms with Gasteiger partial charge in [-0.25, -0.2) is 4.79 Å². The molecule has 20 heavy (non-hydrogen) atoms. The SMILES string of the molecule is C[C@H](NC(=O)c1ccc(O)c(Cl)c1)C(=O)OC(C)(C)C. The third-order valence-electron chi connectivity index (χ3n) is 2.32. The second kappa shape index (κ2) is 6.13. The first-order valence-electron chi connectivity index (χ1n) is 6.12. The van der Waals surface area contributed by atoms with E-state index >= 15 is 0 Å². The highest BCUT2D eigenvalue weighted by molar-refractivity contribution is 6.32. The van der Waals surface area contributed by atoms with E-state index < -0.39 is 23.5 Å². The smallest absolute Gasteiger partial charge is 0.328 e. The largest absolute Gasteiger partial charge is 0.506 e. The zero-order valence-corrected chi connectivity index (χ0v) is 12.6. The van der Waals surface area contributed by atoms with Crippen LogP contribution in [-0.4, -0.2) is 28.6 Å². The summed E-state index contributed by atoms with van der Waals surface area (Å²) in [5.74, 6) is -1.09. The summed E-state index contributed by atoms with van der Waals surface area (Å²) < 4.78 is 5.16. The van der Waals surface area contributed by atoms with Crippen LogP contribution in [0, 0.1) is 0 Å². The Labute approximate surface area is 122 Å². The van der Waals surface area contributed by atoms with Gasteiger partial charge in [-0.2, -0.15) is 0 Å². The summed E-state index contributed by atoms with van der Waals surface area (Å²) in [7, 11) is 0. The summed E-state index contributed by atoms with van der Waals surface area (Å²) in [5, 5.41) is 11.9. The zero-order chi connectivity index (χ0) is 15.5. The minimum absolute atomic E-state index is 0.0718. The summed E-state index contributed by atoms with van der Waals surface area (Å²) in [4.78, 5) is 23.7. The second-order valence-electron chi connectivity index (χ2n) is 5.39. The van der Waals surface area contributed by atoms with Crippen molar-refractivity contribution in [3.63, 3.8) is 0 Å². The van der Waals surface area contributed by atoms with Crippen LogP contribution in [-0.2, 0) is 9.53 Å². The lowest BCUT2D eigenvalue weighted by atomic mass is 10.1. The highest BCUT2D eigenvalue weighted by Gasteiger charge is 2.23. The monoisotopic (exact) mass is 299 g/mol. The number of amides is 1. The van der Waals surface area contributed by atoms with Gasteiger partial charge in [-0.3, -0.25) is 4.79 Å². The van der Waals surface area contributed by atoms with Gasteiger partial charge in [0.2, 0.25) is 0 Å². The van der Waals surface area contributed by atoms with E-state index in [4.69, 9.17) is 16.3 Å². The number of carbonyl (C=O) groups is 2. The predicted molar refractivity (Wildman–Crippen MR) is 75.9 cm³/mol. The van der Waals surface area contributed by atoms with E-state index in [1.54, 1.807) is 20.8 Å². The van der Waals surface area contributed by atoms with Crippen molar-refractivity contribution in [2.75, 3.05) is 0 Å². The molecule has 0 fully saturated rings. The molecule has 5 nitrogen and oxygen atoms in total. The van der Waals surface area contributed by atoms with Gasteiger partial charge in [-0.1, -0.05) is 11.6 Å². The van der Waals surface area contributed by atoms with Gasteiger partial charge in [0.25, 0.3) is 5.91 Å². The third-order valence-corrected chi connectivity index (χ3v) is 2.62. The molecule has 0 unspecified atom stereocenters. The van der Waals surface area contributed by atoms with Gasteiger partial charge >= 0.3 is 5.97 Å². The van der Waals surface area contributed by atoms with Crippen molar-refractivity contribution < 1.29 is 19.4 Å². The molecule has 1 aromatic carbocycles. The molecule has 1 aromatic rings. The van der Waals surface area contributed by atoms with Crippen molar-refractivity contribution in [1.29, 1.82) is 0 Å². The topological polar surface area (TPSA) is 75.6 Å². The van der Waals surface area contributed by atoms with E-state index in [1.165, 1.54) is 25.1 Å². The maximum Gasteiger partial charge on any atom is 0.328 e. The number of benzene rings is 1. The first-order valence-corrected chi connectivity index (χ1v) is 6.50. The molecule has 0 aliphatic carbocycles. The Bertz CT molecular complexity index is 522. The summed E-state index contributed by atoms with van der Waals surface area (Å²) in [6, 6.07) is 3.27. The van der Waals surface area contributed by atoms with Crippen LogP contribution in [0.3, 0.4) is 0 Å². The molecule has 0 radical (unpaired) electrons. The van der Waals surface area contributed by atoms with Crippen LogP contribution in [0.1, 0.15) is 38.1 Å². The number of carbonyl (C=O) groups excluding carboxylic acids is 2. The lowest BCUT2D eigenvalue weighted by molar-refractivity contribution is -0.156. The van der Waals surface area contributed by atoms with Crippen LogP contribution < -0.4 is 5.32 Å². The summed E-state index contributed by atoms with van der Waals surface area (Å²) in [5.41, 5.74) is -0.360. The fourth-order valence-electron chi connectivity index (χ4n) is 1.38. The standard InChI is InChI=1S/C14H18ClNO4/c1-8(13(19)20-14(2,3)4)16-12(18)9-5-6-11(17)10(15)7-9/h5-8,17H,1-4H3,(H,16,18)/t8-/m0/s1. The third kappa shape index (κ3) is 4.74. The number of phenols is 1. The van der Waals surface area contributed by atoms with E-state index in [-0.39, 0.29) is 16.3 Å². The molecule has 0 spiro atoms. The molecule has 0 heterocycles. The van der Waals surface area contributed by atoms with Crippen LogP contribution in [0.15, 0.2) is 18.2 Å². The van der Waals surface area contributed by atoms with Gasteiger partial charge in [0.05, 0.1) is 5.02 Å². The van der Waals surface area contributed by atoms with E-state index in [0.29, 0.717) is 0 Å². The predicted octanol–water partition coefficient (Wildman–Crippen LogP) is 2.51. The molecule has 0 aliphatic heterocycles. The van der Waals surface area contributed by atoms with Crippen LogP contribution in [0.4, 0.5) is 0 Å². The van der Waals surface area contributed by atoms with E-state index in [1.807, 2.05) is 0 Å². The molecule has 0 bridgehead atoms. The average Bonchev–Trinajstić information content (AvgIpc) is 2.30. The van der Waals surface area contributed by atoms with Crippen molar-refractivity contribution in [2.45, 2.75) is 39.3 Å². The molecule has 6 heteroatoms. The van der Waals surface area contributed by atoms with Crippen molar-refractivity contribution in [1.82, 2.24) is 5.32 Å². The van der Waals surface area contributed by atoms with Crippen molar-refractivity contribution in [2.24, 2.45) is 0 Å². The molecule has 1 amide bonds. The minimum Gasteiger partial charge on any atom is -0.506 e. The average molecular weight is 300 g/mol. The number of ether oxygens (including phenoxy) is 1. The Morgan fingerprint density at radius 3 is 2.45 bits per heavy atom. The van der Waals surface area contributed by atoms with Crippen molar-refractivity contribution in [3.05, 3.63) is 28.8 Å². The van der Waals surface area contributed by atoms with Crippen LogP contribution in [0.5, 0.6) is 5.75 Å². The maximum absolute atomic E-state index is 11.9. The van der Waals surface area contributed by atoms with Crippen LogP contribution >= 0.6 is 11.6 Å². The van der Waals surface area contributed by atoms with Gasteiger partial charge in [-0.15, -0.1) is 0 Å². The molecule has 0 saturated carbocycles. The lowest BCUT2D eigenvalue weighted by Gasteiger charge is -2.22. The number of hydrogen-bond acceptors (Lipinski definition) is 4. The minimum atomic E-state index is -0.783. The molecule has 0 saturated heterocycles. The molecule has 2 N–H and O–H groups in total. The summed E-state index contributed by atoms with van der Waals surface area (Å²) in [6.45, 7) is 6.78. The number of hydrogen-bond donors (Lipinski definition) is 2. The number of aromatic hydroxyl groups is 1. The second-order valence-corrected chi connectivity index (χ2v) is 5.80. The first-order chi connectivity index (χ1) is 9.10. The number of rotatable bonds is 3. The Morgan fingerprint density at radius 2 is 1.95 bits per heavy atom. The Kier molecular flexibility index (Phi) is 5.00. The van der Waals surface area contributed by atoms with Crippen molar-refractivity contribution in [3.8, 4) is 5.75 Å². The molecule has 1 rings (SSSR count). The van der Waals surface area contributed by atoms with Gasteiger partial charge < -0.3 is 15.2 Å². The summed E-state index contributed by atoms with van der Waals surface area (Å²) in [6.07, 6.45) is 0. The fourth-order valence-corrected chi connectivity index (χ4v) is 1.56. The number of esters is 1. The zero-order valence-electron chi connectivity index (χ0n) is 11.9. The van der Waals surface area contributed by atoms with E-state index in [2.05, 4.69) is 5.32 Å². The number of phenolic OH excluding ortho intramolecular Hbond substituents is 1. The van der Waals surface area contributed by atoms with Gasteiger partial charge in [0, 0.05) is 5.56 Å². The maximum atomic E-state index is 11.9. The van der Waals surface area contributed by atoms with Gasteiger partial charge in [0.15, 0.2) is 0 Å². The lowest BCUT2D eigenvalue weighted by Crippen LogP contribution is -2.42. The number of halogens is 1. The normalized spacial score (nSPS) is 12.7. The van der Waals surface area contributed by atoms with Gasteiger partial charge in [0.1, 0.15) is 17.4 Å². The van der Waals surface area contributed by atoms with Crippen molar-refractivity contribution >= 4 is 23.5 Å². The molecular weight excluding hydrogens is 282 g/mol. The molecule has 1 atom stereocenters. The van der Waals surface area contributed by atoms with Crippen LogP contribution in [0.25, 0.3) is 0 Å². The fraction of sp³-hybridized carbons (Fsp3) is 0.429. The van der Waals surface area contributed by atoms with Crippen LogP contribution in [0.2, 0.25) is 5.02 Å². The molecule has 110 valence electrons. The highest BCUT2D eigenvalue weighted by Crippen LogP contribution is 2.23. The Hall–Kier alpha value is -1.75. The Balaban J connectivity index is 2.70. The van der Waals surface area contributed by atoms with E-state index in [9.17, 15) is 14.7 Å². The highest BCUT2D eigenvalue weighted by atomic mass is 35.5. The quantitative estimate of drug-likeness (QED) is 0.841. The number of nitrogens with one attached hydrogen (secondary N) is 1. The van der Waals surface area contributed by atoms with Gasteiger partial charge in [-0.05, 0) is 45.9 Å². The van der Waals surface area contributed by atoms with E-state index in [0.717, 1.165) is 0 Å². The molecule has 0 aliphatic rings. The summed E-state index contributed by atoms with van der Waals surface area (Å²) >= 11 is 5.72.